The Balaban J connectivity index is 1.15. The van der Waals surface area contributed by atoms with Crippen LogP contribution in [0.4, 0.5) is 26.4 Å². The summed E-state index contributed by atoms with van der Waals surface area (Å²) >= 11 is 1.41. The second-order valence-corrected chi connectivity index (χ2v) is 12.5. The highest BCUT2D eigenvalue weighted by Crippen LogP contribution is 2.27. The minimum atomic E-state index is -0.563. The number of hydrogen-bond donors (Lipinski definition) is 3. The molecule has 5 rings (SSSR count). The number of nitrogens with zero attached hydrogens (tertiary/aromatic N) is 4. The normalized spacial score (nSPS) is 11.2. The number of carbonyl (C=O) groups excluding carboxylic acids is 2. The first-order valence-electron chi connectivity index (χ1n) is 14.3. The van der Waals surface area contributed by atoms with Crippen LogP contribution < -0.4 is 16.0 Å². The number of carbonyl (C=O) groups is 2. The van der Waals surface area contributed by atoms with Crippen molar-refractivity contribution in [2.75, 3.05) is 16.0 Å². The monoisotopic (exact) mass is 609 g/mol. The van der Waals surface area contributed by atoms with Gasteiger partial charge in [-0.15, -0.1) is 11.3 Å². The maximum Gasteiger partial charge on any atom is 0.413 e. The highest BCUT2D eigenvalue weighted by molar-refractivity contribution is 7.15. The number of thiazole rings is 1. The van der Waals surface area contributed by atoms with Gasteiger partial charge in [0.2, 0.25) is 0 Å². The van der Waals surface area contributed by atoms with E-state index in [2.05, 4.69) is 46.7 Å². The Labute approximate surface area is 260 Å². The van der Waals surface area contributed by atoms with E-state index in [-0.39, 0.29) is 12.0 Å². The topological polar surface area (TPSA) is 123 Å². The molecule has 0 aliphatic carbocycles. The molecule has 2 aromatic carbocycles. The van der Waals surface area contributed by atoms with Crippen molar-refractivity contribution >= 4 is 40.2 Å². The van der Waals surface area contributed by atoms with Crippen LogP contribution in [-0.4, -0.2) is 31.9 Å². The number of rotatable bonds is 9. The Hall–Kier alpha value is -5.03. The molecule has 0 spiro atoms. The molecule has 0 saturated heterocycles. The Morgan fingerprint density at radius 2 is 1.66 bits per heavy atom. The third-order valence-electron chi connectivity index (χ3n) is 6.70. The maximum absolute atomic E-state index is 13.0. The summed E-state index contributed by atoms with van der Waals surface area (Å²) in [5, 5.41) is 13.7. The van der Waals surface area contributed by atoms with Crippen molar-refractivity contribution in [2.45, 2.75) is 52.6 Å². The Morgan fingerprint density at radius 1 is 0.886 bits per heavy atom. The van der Waals surface area contributed by atoms with Gasteiger partial charge in [0.25, 0.3) is 0 Å². The molecule has 0 radical (unpaired) electrons. The van der Waals surface area contributed by atoms with Gasteiger partial charge in [0.15, 0.2) is 5.13 Å². The van der Waals surface area contributed by atoms with Gasteiger partial charge < -0.3 is 4.74 Å². The van der Waals surface area contributed by atoms with E-state index in [1.165, 1.54) is 11.3 Å². The van der Waals surface area contributed by atoms with Crippen LogP contribution in [0.1, 0.15) is 48.0 Å². The number of anilines is 3. The lowest BCUT2D eigenvalue weighted by atomic mass is 9.92. The lowest BCUT2D eigenvalue weighted by molar-refractivity contribution is 0.155. The number of pyridine rings is 1. The molecule has 44 heavy (non-hydrogen) atoms. The first-order chi connectivity index (χ1) is 21.1. The SMILES string of the molecule is Cc1ccc(-n2nc(C(C)(C)C)cc2NC(=O)Nc2ncc(CCc3ccnc(NC(=O)OCc4ccccc4)c3)s2)cc1. The predicted molar refractivity (Wildman–Crippen MR) is 174 cm³/mol. The Morgan fingerprint density at radius 3 is 2.41 bits per heavy atom. The highest BCUT2D eigenvalue weighted by atomic mass is 32.1. The summed E-state index contributed by atoms with van der Waals surface area (Å²) in [6.07, 6.45) is 4.26. The molecule has 0 unspecified atom stereocenters. The van der Waals surface area contributed by atoms with E-state index in [9.17, 15) is 9.59 Å². The first kappa shape index (κ1) is 30.4. The van der Waals surface area contributed by atoms with Crippen molar-refractivity contribution in [3.8, 4) is 5.69 Å². The number of urea groups is 1. The highest BCUT2D eigenvalue weighted by Gasteiger charge is 2.22. The molecule has 10 nitrogen and oxygen atoms in total. The number of benzene rings is 2. The van der Waals surface area contributed by atoms with Gasteiger partial charge in [-0.2, -0.15) is 5.10 Å². The number of amides is 3. The summed E-state index contributed by atoms with van der Waals surface area (Å²) in [6, 6.07) is 22.7. The summed E-state index contributed by atoms with van der Waals surface area (Å²) in [4.78, 5) is 34.8. The fraction of sp³-hybridized carbons (Fsp3) is 0.242. The van der Waals surface area contributed by atoms with Gasteiger partial charge in [0.05, 0.1) is 11.4 Å². The average molecular weight is 610 g/mol. The van der Waals surface area contributed by atoms with E-state index in [1.54, 1.807) is 17.1 Å². The van der Waals surface area contributed by atoms with E-state index < -0.39 is 12.1 Å². The fourth-order valence-corrected chi connectivity index (χ4v) is 5.08. The maximum atomic E-state index is 13.0. The number of ether oxygens (including phenoxy) is 1. The standard InChI is InChI=1S/C33H35N7O3S/c1-22-10-13-25(14-11-22)40-29(19-27(39-40)33(2,3)4)37-30(41)38-31-35-20-26(44-31)15-12-23-16-17-34-28(18-23)36-32(42)43-21-24-8-6-5-7-9-24/h5-11,13-14,16-20H,12,15,21H2,1-4H3,(H,34,36,42)(H2,35,37,38,41). The van der Waals surface area contributed by atoms with E-state index in [1.807, 2.05) is 79.7 Å². The van der Waals surface area contributed by atoms with Gasteiger partial charge in [-0.1, -0.05) is 68.8 Å². The number of aryl methyl sites for hydroxylation is 3. The number of nitrogens with one attached hydrogen (secondary N) is 3. The Bertz CT molecular complexity index is 1720. The van der Waals surface area contributed by atoms with E-state index in [0.717, 1.165) is 32.9 Å². The molecule has 11 heteroatoms. The van der Waals surface area contributed by atoms with Crippen molar-refractivity contribution in [2.24, 2.45) is 0 Å². The van der Waals surface area contributed by atoms with Crippen molar-refractivity contribution in [3.63, 3.8) is 0 Å². The lowest BCUT2D eigenvalue weighted by Crippen LogP contribution is -2.21. The van der Waals surface area contributed by atoms with Crippen molar-refractivity contribution in [1.29, 1.82) is 0 Å². The average Bonchev–Trinajstić information content (AvgIpc) is 3.63. The Kier molecular flexibility index (Phi) is 9.35. The van der Waals surface area contributed by atoms with Crippen LogP contribution in [0, 0.1) is 6.92 Å². The molecule has 0 aliphatic rings. The number of hydrogen-bond acceptors (Lipinski definition) is 7. The van der Waals surface area contributed by atoms with Gasteiger partial charge >= 0.3 is 12.1 Å². The van der Waals surface area contributed by atoms with E-state index in [0.29, 0.717) is 29.6 Å². The van der Waals surface area contributed by atoms with Crippen LogP contribution in [0.2, 0.25) is 0 Å². The lowest BCUT2D eigenvalue weighted by Gasteiger charge is -2.14. The van der Waals surface area contributed by atoms with Crippen LogP contribution in [0.15, 0.2) is 85.2 Å². The summed E-state index contributed by atoms with van der Waals surface area (Å²) in [6.45, 7) is 8.46. The second-order valence-electron chi connectivity index (χ2n) is 11.4. The number of aromatic nitrogens is 4. The van der Waals surface area contributed by atoms with Crippen LogP contribution in [0.3, 0.4) is 0 Å². The molecule has 3 heterocycles. The third kappa shape index (κ3) is 8.29. The molecule has 0 fully saturated rings. The molecule has 0 bridgehead atoms. The molecular formula is C33H35N7O3S. The zero-order valence-electron chi connectivity index (χ0n) is 25.1. The van der Waals surface area contributed by atoms with Gasteiger partial charge in [-0.05, 0) is 55.2 Å². The molecule has 226 valence electrons. The van der Waals surface area contributed by atoms with Crippen LogP contribution in [-0.2, 0) is 29.6 Å². The zero-order chi connectivity index (χ0) is 31.1. The van der Waals surface area contributed by atoms with Gasteiger partial charge in [-0.25, -0.2) is 24.2 Å². The quantitative estimate of drug-likeness (QED) is 0.159. The largest absolute Gasteiger partial charge is 0.444 e. The summed E-state index contributed by atoms with van der Waals surface area (Å²) < 4.78 is 7.02. The minimum Gasteiger partial charge on any atom is -0.444 e. The molecule has 5 aromatic rings. The molecule has 0 atom stereocenters. The van der Waals surface area contributed by atoms with E-state index in [4.69, 9.17) is 9.84 Å². The molecular weight excluding hydrogens is 574 g/mol. The molecule has 3 N–H and O–H groups in total. The van der Waals surface area contributed by atoms with Gasteiger partial charge in [-0.3, -0.25) is 16.0 Å². The third-order valence-corrected chi connectivity index (χ3v) is 7.67. The van der Waals surface area contributed by atoms with Gasteiger partial charge in [0.1, 0.15) is 18.2 Å². The summed E-state index contributed by atoms with van der Waals surface area (Å²) in [7, 11) is 0. The molecule has 3 aromatic heterocycles. The summed E-state index contributed by atoms with van der Waals surface area (Å²) in [5.74, 6) is 0.988. The molecule has 0 saturated carbocycles. The van der Waals surface area contributed by atoms with Crippen molar-refractivity contribution in [3.05, 3.63) is 112 Å². The first-order valence-corrected chi connectivity index (χ1v) is 15.1. The van der Waals surface area contributed by atoms with Crippen LogP contribution in [0.25, 0.3) is 5.69 Å². The summed E-state index contributed by atoms with van der Waals surface area (Å²) in [5.41, 5.74) is 4.58. The van der Waals surface area contributed by atoms with Crippen molar-refractivity contribution in [1.82, 2.24) is 19.7 Å². The van der Waals surface area contributed by atoms with Crippen molar-refractivity contribution < 1.29 is 14.3 Å². The molecule has 0 aliphatic heterocycles. The molecule has 3 amide bonds. The smallest absolute Gasteiger partial charge is 0.413 e. The minimum absolute atomic E-state index is 0.181. The predicted octanol–water partition coefficient (Wildman–Crippen LogP) is 7.51. The zero-order valence-corrected chi connectivity index (χ0v) is 25.9. The van der Waals surface area contributed by atoms with Crippen LogP contribution >= 0.6 is 11.3 Å². The van der Waals surface area contributed by atoms with Crippen LogP contribution in [0.5, 0.6) is 0 Å². The fourth-order valence-electron chi connectivity index (χ4n) is 4.27. The van der Waals surface area contributed by atoms with Gasteiger partial charge in [0, 0.05) is 28.8 Å². The van der Waals surface area contributed by atoms with E-state index >= 15 is 0 Å². The second kappa shape index (κ2) is 13.5.